The van der Waals surface area contributed by atoms with Crippen molar-refractivity contribution in [2.75, 3.05) is 0 Å². The summed E-state index contributed by atoms with van der Waals surface area (Å²) < 4.78 is 25.2. The molecule has 0 fully saturated rings. The first kappa shape index (κ1) is 14.2. The van der Waals surface area contributed by atoms with Gasteiger partial charge in [0.25, 0.3) is 0 Å². The summed E-state index contributed by atoms with van der Waals surface area (Å²) in [5, 5.41) is 10.7. The number of hydrogen-bond donors (Lipinski definition) is 1. The smallest absolute Gasteiger partial charge is 0.335 e. The maximum atomic E-state index is 12.2. The molecule has 0 saturated heterocycles. The Morgan fingerprint density at radius 1 is 1.32 bits per heavy atom. The van der Waals surface area contributed by atoms with Crippen LogP contribution in [0.15, 0.2) is 45.1 Å². The first-order valence-electron chi connectivity index (χ1n) is 5.17. The fraction of sp³-hybridized carbons (Fsp3) is 0.0833. The van der Waals surface area contributed by atoms with Crippen LogP contribution in [0.1, 0.15) is 15.2 Å². The molecule has 4 nitrogen and oxygen atoms in total. The van der Waals surface area contributed by atoms with E-state index in [0.29, 0.717) is 4.88 Å². The number of carbonyl (C=O) groups is 1. The molecule has 100 valence electrons. The summed E-state index contributed by atoms with van der Waals surface area (Å²) in [6.45, 7) is 0. The summed E-state index contributed by atoms with van der Waals surface area (Å²) in [6.07, 6.45) is 0. The molecule has 0 aliphatic carbocycles. The quantitative estimate of drug-likeness (QED) is 0.908. The van der Waals surface area contributed by atoms with Crippen molar-refractivity contribution in [3.05, 3.63) is 50.6 Å². The fourth-order valence-corrected chi connectivity index (χ4v) is 4.71. The third kappa shape index (κ3) is 3.43. The first-order valence-corrected chi connectivity index (χ1v) is 8.50. The molecule has 2 aromatic rings. The van der Waals surface area contributed by atoms with E-state index in [1.54, 1.807) is 11.4 Å². The summed E-state index contributed by atoms with van der Waals surface area (Å²) in [5.74, 6) is -1.28. The predicted octanol–water partition coefficient (Wildman–Crippen LogP) is 3.18. The largest absolute Gasteiger partial charge is 0.478 e. The Bertz CT molecular complexity index is 719. The van der Waals surface area contributed by atoms with Gasteiger partial charge in [0, 0.05) is 14.7 Å². The van der Waals surface area contributed by atoms with E-state index in [-0.39, 0.29) is 16.2 Å². The van der Waals surface area contributed by atoms with Crippen LogP contribution in [0.25, 0.3) is 0 Å². The number of aromatic carboxylic acids is 1. The van der Waals surface area contributed by atoms with Gasteiger partial charge in [0.2, 0.25) is 0 Å². The Kier molecular flexibility index (Phi) is 4.07. The van der Waals surface area contributed by atoms with Crippen LogP contribution in [-0.4, -0.2) is 19.5 Å². The van der Waals surface area contributed by atoms with Crippen molar-refractivity contribution in [2.24, 2.45) is 0 Å². The van der Waals surface area contributed by atoms with Gasteiger partial charge in [0.1, 0.15) is 0 Å². The number of sulfone groups is 1. The third-order valence-corrected chi connectivity index (χ3v) is 5.94. The van der Waals surface area contributed by atoms with Crippen molar-refractivity contribution >= 4 is 43.1 Å². The highest BCUT2D eigenvalue weighted by atomic mass is 79.9. The summed E-state index contributed by atoms with van der Waals surface area (Å²) in [7, 11) is -3.53. The normalized spacial score (nSPS) is 11.4. The number of carboxylic acids is 1. The molecule has 7 heteroatoms. The van der Waals surface area contributed by atoms with Gasteiger partial charge in [-0.15, -0.1) is 11.3 Å². The molecule has 0 unspecified atom stereocenters. The number of thiophene rings is 1. The van der Waals surface area contributed by atoms with Crippen molar-refractivity contribution in [1.29, 1.82) is 0 Å². The third-order valence-electron chi connectivity index (χ3n) is 2.39. The van der Waals surface area contributed by atoms with Crippen molar-refractivity contribution < 1.29 is 18.3 Å². The van der Waals surface area contributed by atoms with Gasteiger partial charge in [-0.05, 0) is 40.2 Å². The number of rotatable bonds is 4. The molecule has 0 atom stereocenters. The number of hydrogen-bond acceptors (Lipinski definition) is 4. The summed E-state index contributed by atoms with van der Waals surface area (Å²) in [4.78, 5) is 11.6. The van der Waals surface area contributed by atoms with Crippen molar-refractivity contribution in [2.45, 2.75) is 10.6 Å². The summed E-state index contributed by atoms with van der Waals surface area (Å²) >= 11 is 4.60. The predicted molar refractivity (Wildman–Crippen MR) is 76.3 cm³/mol. The molecule has 2 rings (SSSR count). The van der Waals surface area contributed by atoms with E-state index in [9.17, 15) is 13.2 Å². The first-order chi connectivity index (χ1) is 8.88. The zero-order valence-electron chi connectivity index (χ0n) is 9.54. The van der Waals surface area contributed by atoms with Gasteiger partial charge < -0.3 is 5.11 Å². The molecule has 0 bridgehead atoms. The average molecular weight is 361 g/mol. The SMILES string of the molecule is O=C(O)c1cccc(S(=O)(=O)Cc2cc(Br)cs2)c1. The second kappa shape index (κ2) is 5.44. The Morgan fingerprint density at radius 2 is 2.05 bits per heavy atom. The monoisotopic (exact) mass is 360 g/mol. The summed E-state index contributed by atoms with van der Waals surface area (Å²) in [5.41, 5.74) is -0.0339. The van der Waals surface area contributed by atoms with E-state index in [2.05, 4.69) is 15.9 Å². The fourth-order valence-electron chi connectivity index (χ4n) is 1.52. The van der Waals surface area contributed by atoms with Crippen molar-refractivity contribution in [1.82, 2.24) is 0 Å². The molecule has 0 aliphatic rings. The minimum atomic E-state index is -3.53. The van der Waals surface area contributed by atoms with E-state index in [1.165, 1.54) is 35.6 Å². The highest BCUT2D eigenvalue weighted by Crippen LogP contribution is 2.24. The van der Waals surface area contributed by atoms with Crippen molar-refractivity contribution in [3.63, 3.8) is 0 Å². The highest BCUT2D eigenvalue weighted by Gasteiger charge is 2.18. The van der Waals surface area contributed by atoms with E-state index in [1.807, 2.05) is 0 Å². The Labute approximate surface area is 122 Å². The Hall–Kier alpha value is -1.18. The van der Waals surface area contributed by atoms with E-state index >= 15 is 0 Å². The maximum Gasteiger partial charge on any atom is 0.335 e. The van der Waals surface area contributed by atoms with Gasteiger partial charge in [-0.3, -0.25) is 0 Å². The van der Waals surface area contributed by atoms with Crippen LogP contribution in [0.4, 0.5) is 0 Å². The van der Waals surface area contributed by atoms with Crippen LogP contribution in [0.5, 0.6) is 0 Å². The van der Waals surface area contributed by atoms with Crippen LogP contribution < -0.4 is 0 Å². The molecule has 0 aliphatic heterocycles. The van der Waals surface area contributed by atoms with Gasteiger partial charge in [0.05, 0.1) is 16.2 Å². The van der Waals surface area contributed by atoms with Crippen molar-refractivity contribution in [3.8, 4) is 0 Å². The highest BCUT2D eigenvalue weighted by molar-refractivity contribution is 9.10. The second-order valence-electron chi connectivity index (χ2n) is 3.82. The zero-order valence-corrected chi connectivity index (χ0v) is 12.8. The molecule has 1 N–H and O–H groups in total. The minimum Gasteiger partial charge on any atom is -0.478 e. The molecule has 0 radical (unpaired) electrons. The zero-order chi connectivity index (χ0) is 14.0. The molecule has 1 heterocycles. The van der Waals surface area contributed by atoms with Crippen LogP contribution in [0, 0.1) is 0 Å². The van der Waals surface area contributed by atoms with Gasteiger partial charge in [-0.2, -0.15) is 0 Å². The lowest BCUT2D eigenvalue weighted by Gasteiger charge is -2.04. The molecule has 1 aromatic heterocycles. The standard InChI is InChI=1S/C12H9BrO4S2/c13-9-5-10(18-6-9)7-19(16,17)11-3-1-2-8(4-11)12(14)15/h1-6H,7H2,(H,14,15). The lowest BCUT2D eigenvalue weighted by atomic mass is 10.2. The topological polar surface area (TPSA) is 71.4 Å². The number of carboxylic acid groups (broad SMARTS) is 1. The van der Waals surface area contributed by atoms with Gasteiger partial charge >= 0.3 is 5.97 Å². The van der Waals surface area contributed by atoms with Crippen LogP contribution in [0.2, 0.25) is 0 Å². The second-order valence-corrected chi connectivity index (χ2v) is 7.72. The van der Waals surface area contributed by atoms with Crippen LogP contribution in [0.3, 0.4) is 0 Å². The Balaban J connectivity index is 2.34. The average Bonchev–Trinajstić information content (AvgIpc) is 2.74. The van der Waals surface area contributed by atoms with E-state index in [4.69, 9.17) is 5.11 Å². The molecule has 0 spiro atoms. The van der Waals surface area contributed by atoms with E-state index < -0.39 is 15.8 Å². The molecule has 0 amide bonds. The molecule has 0 saturated carbocycles. The number of benzene rings is 1. The van der Waals surface area contributed by atoms with Crippen LogP contribution in [-0.2, 0) is 15.6 Å². The minimum absolute atomic E-state index is 0.0249. The van der Waals surface area contributed by atoms with Gasteiger partial charge in [0.15, 0.2) is 9.84 Å². The van der Waals surface area contributed by atoms with Gasteiger partial charge in [-0.25, -0.2) is 13.2 Å². The number of halogens is 1. The lowest BCUT2D eigenvalue weighted by molar-refractivity contribution is 0.0696. The summed E-state index contributed by atoms with van der Waals surface area (Å²) in [6, 6.07) is 7.12. The lowest BCUT2D eigenvalue weighted by Crippen LogP contribution is -2.06. The van der Waals surface area contributed by atoms with Crippen LogP contribution >= 0.6 is 27.3 Å². The molecule has 19 heavy (non-hydrogen) atoms. The van der Waals surface area contributed by atoms with Gasteiger partial charge in [-0.1, -0.05) is 6.07 Å². The molecule has 1 aromatic carbocycles. The molecular weight excluding hydrogens is 352 g/mol. The van der Waals surface area contributed by atoms with E-state index in [0.717, 1.165) is 4.47 Å². The molecular formula is C12H9BrO4S2. The Morgan fingerprint density at radius 3 is 2.63 bits per heavy atom. The maximum absolute atomic E-state index is 12.2.